The smallest absolute Gasteiger partial charge is 0.387 e. The highest BCUT2D eigenvalue weighted by Gasteiger charge is 2.22. The Morgan fingerprint density at radius 2 is 1.86 bits per heavy atom. The van der Waals surface area contributed by atoms with Gasteiger partial charge in [-0.15, -0.1) is 0 Å². The second kappa shape index (κ2) is 7.80. The summed E-state index contributed by atoms with van der Waals surface area (Å²) in [6, 6.07) is 20.5. The van der Waals surface area contributed by atoms with Gasteiger partial charge >= 0.3 is 6.61 Å². The van der Waals surface area contributed by atoms with E-state index in [1.165, 1.54) is 11.6 Å². The molecule has 0 aromatic heterocycles. The zero-order valence-corrected chi connectivity index (χ0v) is 15.1. The molecule has 1 unspecified atom stereocenters. The molecule has 1 atom stereocenters. The Balaban J connectivity index is 1.62. The Kier molecular flexibility index (Phi) is 5.06. The minimum Gasteiger partial charge on any atom is -0.435 e. The quantitative estimate of drug-likeness (QED) is 0.564. The van der Waals surface area contributed by atoms with Crippen molar-refractivity contribution in [1.29, 1.82) is 0 Å². The highest BCUT2D eigenvalue weighted by molar-refractivity contribution is 5.81. The van der Waals surface area contributed by atoms with E-state index in [-0.39, 0.29) is 11.8 Å². The van der Waals surface area contributed by atoms with E-state index in [0.29, 0.717) is 5.56 Å². The maximum absolute atomic E-state index is 12.5. The number of fused-ring (bicyclic) bond motifs is 1. The average Bonchev–Trinajstić information content (AvgIpc) is 2.72. The van der Waals surface area contributed by atoms with Crippen LogP contribution in [0.25, 0.3) is 11.1 Å². The third-order valence-electron chi connectivity index (χ3n) is 5.01. The third-order valence-corrected chi connectivity index (χ3v) is 5.01. The first-order chi connectivity index (χ1) is 13.6. The molecule has 1 heterocycles. The number of anilines is 1. The van der Waals surface area contributed by atoms with Crippen LogP contribution in [0.5, 0.6) is 5.75 Å². The molecule has 0 radical (unpaired) electrons. The fraction of sp³-hybridized carbons (Fsp3) is 0.174. The van der Waals surface area contributed by atoms with Crippen LogP contribution in [-0.2, 0) is 6.42 Å². The predicted molar refractivity (Wildman–Crippen MR) is 105 cm³/mol. The molecule has 28 heavy (non-hydrogen) atoms. The van der Waals surface area contributed by atoms with Gasteiger partial charge < -0.3 is 10.1 Å². The Bertz CT molecular complexity index is 1000. The molecule has 0 saturated heterocycles. The minimum atomic E-state index is -2.83. The van der Waals surface area contributed by atoms with Gasteiger partial charge in [0.2, 0.25) is 0 Å². The minimum absolute atomic E-state index is 0.0188. The maximum Gasteiger partial charge on any atom is 0.387 e. The lowest BCUT2D eigenvalue weighted by Gasteiger charge is -2.29. The zero-order valence-electron chi connectivity index (χ0n) is 15.1. The van der Waals surface area contributed by atoms with Crippen molar-refractivity contribution in [3.8, 4) is 16.9 Å². The lowest BCUT2D eigenvalue weighted by atomic mass is 9.88. The van der Waals surface area contributed by atoms with Gasteiger partial charge in [0.25, 0.3) is 0 Å². The topological polar surface area (TPSA) is 38.3 Å². The summed E-state index contributed by atoms with van der Waals surface area (Å²) < 4.78 is 29.5. The summed E-state index contributed by atoms with van der Waals surface area (Å²) in [5.41, 5.74) is 5.88. The molecule has 1 aliphatic rings. The van der Waals surface area contributed by atoms with Gasteiger partial charge in [-0.1, -0.05) is 42.5 Å². The Labute approximate surface area is 162 Å². The highest BCUT2D eigenvalue weighted by atomic mass is 19.3. The van der Waals surface area contributed by atoms with Crippen LogP contribution < -0.4 is 10.1 Å². The standard InChI is InChI=1S/C23H19F2NO2/c24-23(25)28-18-7-2-6-17(13-18)21-11-10-20-19(8-3-9-22(20)26-21)16-5-1-4-15(12-16)14-27/h1-9,12-14,21,23,26H,10-11H2. The van der Waals surface area contributed by atoms with E-state index in [9.17, 15) is 13.6 Å². The van der Waals surface area contributed by atoms with E-state index in [4.69, 9.17) is 0 Å². The van der Waals surface area contributed by atoms with Crippen LogP contribution in [0.1, 0.15) is 33.9 Å². The number of aldehydes is 1. The number of nitrogens with one attached hydrogen (secondary N) is 1. The first-order valence-corrected chi connectivity index (χ1v) is 9.13. The highest BCUT2D eigenvalue weighted by Crippen LogP contribution is 2.38. The number of rotatable bonds is 5. The van der Waals surface area contributed by atoms with Crippen LogP contribution in [-0.4, -0.2) is 12.9 Å². The molecule has 0 amide bonds. The number of carbonyl (C=O) groups is 1. The summed E-state index contributed by atoms with van der Waals surface area (Å²) >= 11 is 0. The normalized spacial score (nSPS) is 15.6. The third kappa shape index (κ3) is 3.74. The Hall–Kier alpha value is -3.21. The number of alkyl halides is 2. The molecular formula is C23H19F2NO2. The van der Waals surface area contributed by atoms with Crippen molar-refractivity contribution in [3.05, 3.63) is 83.4 Å². The Morgan fingerprint density at radius 1 is 1.04 bits per heavy atom. The number of halogens is 2. The summed E-state index contributed by atoms with van der Waals surface area (Å²) in [7, 11) is 0. The number of hydrogen-bond donors (Lipinski definition) is 1. The maximum atomic E-state index is 12.5. The van der Waals surface area contributed by atoms with Gasteiger partial charge in [-0.05, 0) is 59.4 Å². The zero-order chi connectivity index (χ0) is 19.5. The molecule has 0 bridgehead atoms. The van der Waals surface area contributed by atoms with Crippen molar-refractivity contribution in [1.82, 2.24) is 0 Å². The summed E-state index contributed by atoms with van der Waals surface area (Å²) in [5, 5.41) is 3.52. The predicted octanol–water partition coefficient (Wildman–Crippen LogP) is 5.87. The molecule has 0 fully saturated rings. The van der Waals surface area contributed by atoms with Crippen molar-refractivity contribution in [2.75, 3.05) is 5.32 Å². The molecule has 1 aliphatic heterocycles. The number of carbonyl (C=O) groups excluding carboxylic acids is 1. The van der Waals surface area contributed by atoms with E-state index >= 15 is 0 Å². The number of hydrogen-bond acceptors (Lipinski definition) is 3. The number of benzene rings is 3. The molecule has 3 nitrogen and oxygen atoms in total. The molecule has 3 aromatic carbocycles. The van der Waals surface area contributed by atoms with Crippen molar-refractivity contribution in [2.24, 2.45) is 0 Å². The van der Waals surface area contributed by atoms with E-state index < -0.39 is 6.61 Å². The SMILES string of the molecule is O=Cc1cccc(-c2cccc3c2CCC(c2cccc(OC(F)F)c2)N3)c1. The van der Waals surface area contributed by atoms with Crippen LogP contribution in [0.4, 0.5) is 14.5 Å². The van der Waals surface area contributed by atoms with Gasteiger partial charge in [0.1, 0.15) is 12.0 Å². The first kappa shape index (κ1) is 18.2. The van der Waals surface area contributed by atoms with Gasteiger partial charge in [-0.25, -0.2) is 0 Å². The molecule has 0 aliphatic carbocycles. The fourth-order valence-corrected chi connectivity index (χ4v) is 3.75. The first-order valence-electron chi connectivity index (χ1n) is 9.13. The van der Waals surface area contributed by atoms with Crippen molar-refractivity contribution in [2.45, 2.75) is 25.5 Å². The summed E-state index contributed by atoms with van der Waals surface area (Å²) in [4.78, 5) is 11.1. The average molecular weight is 379 g/mol. The molecule has 3 aromatic rings. The van der Waals surface area contributed by atoms with E-state index in [0.717, 1.165) is 41.5 Å². The van der Waals surface area contributed by atoms with Gasteiger partial charge in [0, 0.05) is 11.3 Å². The van der Waals surface area contributed by atoms with Gasteiger partial charge in [-0.3, -0.25) is 4.79 Å². The van der Waals surface area contributed by atoms with Crippen molar-refractivity contribution in [3.63, 3.8) is 0 Å². The largest absolute Gasteiger partial charge is 0.435 e. The second-order valence-electron chi connectivity index (χ2n) is 6.76. The monoisotopic (exact) mass is 379 g/mol. The van der Waals surface area contributed by atoms with Crippen molar-refractivity contribution >= 4 is 12.0 Å². The van der Waals surface area contributed by atoms with Crippen LogP contribution >= 0.6 is 0 Å². The van der Waals surface area contributed by atoms with Crippen LogP contribution in [0.3, 0.4) is 0 Å². The molecule has 4 rings (SSSR count). The van der Waals surface area contributed by atoms with Crippen LogP contribution in [0.2, 0.25) is 0 Å². The van der Waals surface area contributed by atoms with Crippen LogP contribution in [0.15, 0.2) is 66.7 Å². The van der Waals surface area contributed by atoms with Crippen LogP contribution in [0, 0.1) is 0 Å². The summed E-state index contributed by atoms with van der Waals surface area (Å²) in [6.07, 6.45) is 2.52. The molecule has 1 N–H and O–H groups in total. The summed E-state index contributed by atoms with van der Waals surface area (Å²) in [5.74, 6) is 0.166. The molecule has 5 heteroatoms. The molecular weight excluding hydrogens is 360 g/mol. The van der Waals surface area contributed by atoms with Crippen molar-refractivity contribution < 1.29 is 18.3 Å². The second-order valence-corrected chi connectivity index (χ2v) is 6.76. The lowest BCUT2D eigenvalue weighted by Crippen LogP contribution is -2.18. The number of ether oxygens (including phenoxy) is 1. The van der Waals surface area contributed by atoms with E-state index in [1.54, 1.807) is 18.2 Å². The summed E-state index contributed by atoms with van der Waals surface area (Å²) in [6.45, 7) is -2.83. The Morgan fingerprint density at radius 3 is 2.68 bits per heavy atom. The van der Waals surface area contributed by atoms with E-state index in [2.05, 4.69) is 16.1 Å². The molecule has 142 valence electrons. The lowest BCUT2D eigenvalue weighted by molar-refractivity contribution is -0.0498. The van der Waals surface area contributed by atoms with Gasteiger partial charge in [0.05, 0.1) is 6.04 Å². The van der Waals surface area contributed by atoms with Gasteiger partial charge in [-0.2, -0.15) is 8.78 Å². The fourth-order valence-electron chi connectivity index (χ4n) is 3.75. The van der Waals surface area contributed by atoms with E-state index in [1.807, 2.05) is 36.4 Å². The molecule has 0 saturated carbocycles. The van der Waals surface area contributed by atoms with Gasteiger partial charge in [0.15, 0.2) is 0 Å². The molecule has 0 spiro atoms.